The maximum Gasteiger partial charge on any atom is 0.346 e. The first-order chi connectivity index (χ1) is 9.10. The molecule has 0 saturated heterocycles. The van der Waals surface area contributed by atoms with Crippen LogP contribution >= 0.6 is 11.6 Å². The summed E-state index contributed by atoms with van der Waals surface area (Å²) >= 11 is 5.88. The van der Waals surface area contributed by atoms with Gasteiger partial charge in [-0.3, -0.25) is 0 Å². The number of fused-ring (bicyclic) bond motifs is 1. The summed E-state index contributed by atoms with van der Waals surface area (Å²) in [5.41, 5.74) is 1.43. The molecule has 2 aromatic rings. The third-order valence-electron chi connectivity index (χ3n) is 2.49. The maximum absolute atomic E-state index is 10.6. The Morgan fingerprint density at radius 3 is 2.89 bits per heavy atom. The molecule has 2 N–H and O–H groups in total. The second-order valence-electron chi connectivity index (χ2n) is 3.81. The fourth-order valence-electron chi connectivity index (χ4n) is 1.62. The first kappa shape index (κ1) is 12.9. The van der Waals surface area contributed by atoms with Crippen LogP contribution < -0.4 is 0 Å². The van der Waals surface area contributed by atoms with E-state index in [1.54, 1.807) is 18.2 Å². The number of carbonyl (C=O) groups is 1. The number of H-pyrrole nitrogens is 1. The lowest BCUT2D eigenvalue weighted by Gasteiger charge is -1.88. The number of nitrogens with zero attached hydrogens (tertiary/aromatic N) is 1. The Kier molecular flexibility index (Phi) is 3.69. The van der Waals surface area contributed by atoms with Gasteiger partial charge in [0.2, 0.25) is 0 Å². The van der Waals surface area contributed by atoms with E-state index in [9.17, 15) is 4.79 Å². The van der Waals surface area contributed by atoms with Crippen LogP contribution in [0.25, 0.3) is 17.0 Å². The number of benzene rings is 1. The lowest BCUT2D eigenvalue weighted by molar-refractivity contribution is -0.132. The molecule has 2 rings (SSSR count). The Balaban J connectivity index is 2.27. The summed E-state index contributed by atoms with van der Waals surface area (Å²) in [6.07, 6.45) is 4.45. The number of aromatic nitrogens is 1. The van der Waals surface area contributed by atoms with Crippen LogP contribution in [0, 0.1) is 11.3 Å². The lowest BCUT2D eigenvalue weighted by Crippen LogP contribution is -1.96. The Bertz CT molecular complexity index is 735. The number of nitrogens with one attached hydrogen (secondary N) is 1. The second-order valence-corrected chi connectivity index (χ2v) is 4.25. The van der Waals surface area contributed by atoms with Crippen LogP contribution in [-0.4, -0.2) is 16.1 Å². The molecule has 0 spiro atoms. The SMILES string of the molecule is N#C/C(=C\C=C\c1cc2cc(Cl)ccc2[nH]1)C(=O)O. The molecule has 0 aliphatic rings. The molecule has 19 heavy (non-hydrogen) atoms. The largest absolute Gasteiger partial charge is 0.477 e. The van der Waals surface area contributed by atoms with Crippen molar-refractivity contribution in [2.24, 2.45) is 0 Å². The molecule has 0 bridgehead atoms. The second kappa shape index (κ2) is 5.42. The Labute approximate surface area is 114 Å². The molecule has 0 aliphatic carbocycles. The van der Waals surface area contributed by atoms with Gasteiger partial charge >= 0.3 is 5.97 Å². The molecule has 1 aromatic heterocycles. The van der Waals surface area contributed by atoms with Crippen molar-refractivity contribution in [3.8, 4) is 6.07 Å². The van der Waals surface area contributed by atoms with Crippen LogP contribution in [0.4, 0.5) is 0 Å². The first-order valence-corrected chi connectivity index (χ1v) is 5.78. The van der Waals surface area contributed by atoms with Crippen LogP contribution in [0.1, 0.15) is 5.69 Å². The van der Waals surface area contributed by atoms with Gasteiger partial charge in [0.05, 0.1) is 0 Å². The fraction of sp³-hybridized carbons (Fsp3) is 0. The van der Waals surface area contributed by atoms with E-state index < -0.39 is 5.97 Å². The molecule has 94 valence electrons. The number of allylic oxidation sites excluding steroid dienone is 2. The van der Waals surface area contributed by atoms with E-state index in [0.717, 1.165) is 16.6 Å². The van der Waals surface area contributed by atoms with E-state index in [1.165, 1.54) is 12.2 Å². The summed E-state index contributed by atoms with van der Waals surface area (Å²) in [4.78, 5) is 13.7. The number of hydrogen-bond acceptors (Lipinski definition) is 2. The standard InChI is InChI=1S/C14H9ClN2O2/c15-11-4-5-13-10(6-11)7-12(17-13)3-1-2-9(8-16)14(18)19/h1-7,17H,(H,18,19)/b3-1+,9-2+. The van der Waals surface area contributed by atoms with Gasteiger partial charge in [0.1, 0.15) is 11.6 Å². The molecule has 0 unspecified atom stereocenters. The average molecular weight is 273 g/mol. The summed E-state index contributed by atoms with van der Waals surface area (Å²) < 4.78 is 0. The van der Waals surface area contributed by atoms with E-state index in [0.29, 0.717) is 5.02 Å². The number of carboxylic acid groups (broad SMARTS) is 1. The third kappa shape index (κ3) is 3.03. The van der Waals surface area contributed by atoms with Crippen molar-refractivity contribution in [1.82, 2.24) is 4.98 Å². The zero-order valence-corrected chi connectivity index (χ0v) is 10.5. The Morgan fingerprint density at radius 1 is 1.42 bits per heavy atom. The van der Waals surface area contributed by atoms with E-state index >= 15 is 0 Å². The van der Waals surface area contributed by atoms with Crippen LogP contribution in [0.3, 0.4) is 0 Å². The Hall–Kier alpha value is -2.51. The van der Waals surface area contributed by atoms with Crippen molar-refractivity contribution in [1.29, 1.82) is 5.26 Å². The molecule has 5 heteroatoms. The van der Waals surface area contributed by atoms with E-state index in [1.807, 2.05) is 18.2 Å². The van der Waals surface area contributed by atoms with Gasteiger partial charge in [0, 0.05) is 21.6 Å². The molecule has 0 aliphatic heterocycles. The highest BCUT2D eigenvalue weighted by Crippen LogP contribution is 2.20. The molecular formula is C14H9ClN2O2. The van der Waals surface area contributed by atoms with Gasteiger partial charge in [-0.2, -0.15) is 5.26 Å². The summed E-state index contributed by atoms with van der Waals surface area (Å²) in [5, 5.41) is 18.9. The number of aromatic amines is 1. The minimum Gasteiger partial charge on any atom is -0.477 e. The predicted octanol–water partition coefficient (Wildman–Crippen LogP) is 3.37. The molecule has 0 saturated carbocycles. The molecule has 4 nitrogen and oxygen atoms in total. The summed E-state index contributed by atoms with van der Waals surface area (Å²) in [5.74, 6) is -1.24. The van der Waals surface area contributed by atoms with E-state index in [2.05, 4.69) is 4.98 Å². The topological polar surface area (TPSA) is 76.9 Å². The van der Waals surface area contributed by atoms with E-state index in [4.69, 9.17) is 22.0 Å². The molecule has 1 aromatic carbocycles. The van der Waals surface area contributed by atoms with Crippen molar-refractivity contribution < 1.29 is 9.90 Å². The summed E-state index contributed by atoms with van der Waals surface area (Å²) in [6, 6.07) is 8.97. The number of carboxylic acids is 1. The van der Waals surface area contributed by atoms with Gasteiger partial charge in [-0.05, 0) is 36.4 Å². The van der Waals surface area contributed by atoms with Crippen molar-refractivity contribution in [3.05, 3.63) is 52.7 Å². The van der Waals surface area contributed by atoms with Crippen LogP contribution in [0.15, 0.2) is 42.0 Å². The quantitative estimate of drug-likeness (QED) is 0.511. The molecule has 0 atom stereocenters. The van der Waals surface area contributed by atoms with Crippen LogP contribution in [0.2, 0.25) is 5.02 Å². The van der Waals surface area contributed by atoms with Gasteiger partial charge < -0.3 is 10.1 Å². The predicted molar refractivity (Wildman–Crippen MR) is 73.7 cm³/mol. The highest BCUT2D eigenvalue weighted by Gasteiger charge is 2.03. The number of aliphatic carboxylic acids is 1. The van der Waals surface area contributed by atoms with Gasteiger partial charge in [0.25, 0.3) is 0 Å². The molecule has 0 amide bonds. The van der Waals surface area contributed by atoms with Crippen LogP contribution in [-0.2, 0) is 4.79 Å². The van der Waals surface area contributed by atoms with Gasteiger partial charge in [-0.1, -0.05) is 17.7 Å². The van der Waals surface area contributed by atoms with Crippen LogP contribution in [0.5, 0.6) is 0 Å². The minimum atomic E-state index is -1.24. The average Bonchev–Trinajstić information content (AvgIpc) is 2.75. The maximum atomic E-state index is 10.6. The summed E-state index contributed by atoms with van der Waals surface area (Å²) in [7, 11) is 0. The first-order valence-electron chi connectivity index (χ1n) is 5.40. The van der Waals surface area contributed by atoms with E-state index in [-0.39, 0.29) is 5.57 Å². The number of nitriles is 1. The van der Waals surface area contributed by atoms with Crippen molar-refractivity contribution in [2.45, 2.75) is 0 Å². The zero-order chi connectivity index (χ0) is 13.8. The number of rotatable bonds is 3. The number of halogens is 1. The fourth-order valence-corrected chi connectivity index (χ4v) is 1.80. The summed E-state index contributed by atoms with van der Waals surface area (Å²) in [6.45, 7) is 0. The number of hydrogen-bond donors (Lipinski definition) is 2. The zero-order valence-electron chi connectivity index (χ0n) is 9.72. The molecule has 0 radical (unpaired) electrons. The van der Waals surface area contributed by atoms with Gasteiger partial charge in [-0.15, -0.1) is 0 Å². The van der Waals surface area contributed by atoms with Gasteiger partial charge in [0.15, 0.2) is 0 Å². The highest BCUT2D eigenvalue weighted by atomic mass is 35.5. The lowest BCUT2D eigenvalue weighted by atomic mass is 10.2. The molecular weight excluding hydrogens is 264 g/mol. The Morgan fingerprint density at radius 2 is 2.21 bits per heavy atom. The minimum absolute atomic E-state index is 0.310. The highest BCUT2D eigenvalue weighted by molar-refractivity contribution is 6.31. The smallest absolute Gasteiger partial charge is 0.346 e. The van der Waals surface area contributed by atoms with Crippen molar-refractivity contribution in [3.63, 3.8) is 0 Å². The van der Waals surface area contributed by atoms with Crippen molar-refractivity contribution >= 4 is 34.5 Å². The van der Waals surface area contributed by atoms with Crippen molar-refractivity contribution in [2.75, 3.05) is 0 Å². The molecule has 0 fully saturated rings. The third-order valence-corrected chi connectivity index (χ3v) is 2.73. The molecule has 1 heterocycles. The van der Waals surface area contributed by atoms with Gasteiger partial charge in [-0.25, -0.2) is 4.79 Å². The normalized spacial score (nSPS) is 11.9. The monoisotopic (exact) mass is 272 g/mol.